The van der Waals surface area contributed by atoms with Gasteiger partial charge in [0, 0.05) is 12.5 Å². The molecule has 7 heteroatoms. The maximum atomic E-state index is 12.5. The lowest BCUT2D eigenvalue weighted by Gasteiger charge is -2.18. The maximum Gasteiger partial charge on any atom is 0.220 e. The van der Waals surface area contributed by atoms with Crippen LogP contribution in [0.2, 0.25) is 0 Å². The summed E-state index contributed by atoms with van der Waals surface area (Å²) in [5.74, 6) is 0.536. The highest BCUT2D eigenvalue weighted by Crippen LogP contribution is 2.49. The minimum absolute atomic E-state index is 0.0702. The van der Waals surface area contributed by atoms with E-state index in [0.29, 0.717) is 35.3 Å². The molecule has 0 radical (unpaired) electrons. The molecule has 7 nitrogen and oxygen atoms in total. The first-order chi connectivity index (χ1) is 13.4. The number of fused-ring (bicyclic) bond motifs is 3. The van der Waals surface area contributed by atoms with E-state index < -0.39 is 0 Å². The van der Waals surface area contributed by atoms with Crippen LogP contribution in [-0.4, -0.2) is 32.3 Å². The number of hydrogen-bond acceptors (Lipinski definition) is 6. The Kier molecular flexibility index (Phi) is 5.44. The van der Waals surface area contributed by atoms with Crippen LogP contribution in [-0.2, 0) is 11.2 Å². The molecule has 1 atom stereocenters. The molecule has 3 rings (SSSR count). The molecule has 0 saturated carbocycles. The van der Waals surface area contributed by atoms with Crippen LogP contribution < -0.4 is 25.0 Å². The number of carbonyl (C=O) groups excluding carboxylic acids is 1. The van der Waals surface area contributed by atoms with Gasteiger partial charge in [-0.1, -0.05) is 6.07 Å². The van der Waals surface area contributed by atoms with E-state index in [2.05, 4.69) is 5.32 Å². The van der Waals surface area contributed by atoms with E-state index in [4.69, 9.17) is 14.2 Å². The van der Waals surface area contributed by atoms with E-state index in [9.17, 15) is 14.7 Å². The van der Waals surface area contributed by atoms with E-state index in [1.807, 2.05) is 6.07 Å². The molecule has 2 aromatic carbocycles. The number of benzene rings is 1. The Morgan fingerprint density at radius 1 is 1.11 bits per heavy atom. The summed E-state index contributed by atoms with van der Waals surface area (Å²) < 4.78 is 15.9. The highest BCUT2D eigenvalue weighted by molar-refractivity contribution is 5.83. The third-order valence-corrected chi connectivity index (χ3v) is 4.91. The monoisotopic (exact) mass is 385 g/mol. The van der Waals surface area contributed by atoms with Crippen molar-refractivity contribution < 1.29 is 24.1 Å². The molecule has 0 spiro atoms. The summed E-state index contributed by atoms with van der Waals surface area (Å²) in [6, 6.07) is 6.18. The Balaban J connectivity index is 2.38. The summed E-state index contributed by atoms with van der Waals surface area (Å²) in [4.78, 5) is 24.3. The number of ether oxygens (including phenoxy) is 3. The Labute approximate surface area is 162 Å². The van der Waals surface area contributed by atoms with Crippen LogP contribution in [0.25, 0.3) is 11.1 Å². The number of rotatable bonds is 4. The Hall–Kier alpha value is -3.22. The molecular formula is C21H23NO6. The molecule has 1 amide bonds. The summed E-state index contributed by atoms with van der Waals surface area (Å²) in [5.41, 5.74) is 2.33. The van der Waals surface area contributed by atoms with E-state index in [1.165, 1.54) is 34.3 Å². The second-order valence-electron chi connectivity index (χ2n) is 6.57. The summed E-state index contributed by atoms with van der Waals surface area (Å²) in [6.45, 7) is 1.43. The fourth-order valence-corrected chi connectivity index (χ4v) is 3.69. The van der Waals surface area contributed by atoms with Crippen molar-refractivity contribution in [2.45, 2.75) is 25.8 Å². The predicted octanol–water partition coefficient (Wildman–Crippen LogP) is 2.57. The number of carbonyl (C=O) groups is 1. The van der Waals surface area contributed by atoms with Gasteiger partial charge in [-0.05, 0) is 47.7 Å². The fraction of sp³-hybridized carbons (Fsp3) is 0.333. The normalized spacial score (nSPS) is 14.9. The smallest absolute Gasteiger partial charge is 0.220 e. The van der Waals surface area contributed by atoms with Gasteiger partial charge >= 0.3 is 0 Å². The van der Waals surface area contributed by atoms with E-state index in [-0.39, 0.29) is 34.6 Å². The average Bonchev–Trinajstić information content (AvgIpc) is 2.90. The zero-order valence-corrected chi connectivity index (χ0v) is 16.3. The summed E-state index contributed by atoms with van der Waals surface area (Å²) in [6.07, 6.45) is 1.12. The minimum Gasteiger partial charge on any atom is -0.504 e. The van der Waals surface area contributed by atoms with Gasteiger partial charge in [0.25, 0.3) is 0 Å². The van der Waals surface area contributed by atoms with Crippen molar-refractivity contribution in [2.24, 2.45) is 0 Å². The van der Waals surface area contributed by atoms with Gasteiger partial charge in [0.1, 0.15) is 0 Å². The minimum atomic E-state index is -0.388. The van der Waals surface area contributed by atoms with Gasteiger partial charge in [-0.3, -0.25) is 9.59 Å². The van der Waals surface area contributed by atoms with Crippen LogP contribution >= 0.6 is 0 Å². The molecule has 1 aliphatic carbocycles. The fourth-order valence-electron chi connectivity index (χ4n) is 3.69. The predicted molar refractivity (Wildman–Crippen MR) is 104 cm³/mol. The molecule has 148 valence electrons. The van der Waals surface area contributed by atoms with Gasteiger partial charge in [-0.2, -0.15) is 0 Å². The Morgan fingerprint density at radius 2 is 1.82 bits per heavy atom. The first-order valence-corrected chi connectivity index (χ1v) is 8.87. The maximum absolute atomic E-state index is 12.5. The molecule has 0 unspecified atom stereocenters. The Morgan fingerprint density at radius 3 is 2.43 bits per heavy atom. The van der Waals surface area contributed by atoms with Gasteiger partial charge in [-0.25, -0.2) is 0 Å². The molecule has 2 aromatic rings. The lowest BCUT2D eigenvalue weighted by molar-refractivity contribution is -0.119. The van der Waals surface area contributed by atoms with E-state index >= 15 is 0 Å². The number of hydrogen-bond donors (Lipinski definition) is 2. The van der Waals surface area contributed by atoms with E-state index in [1.54, 1.807) is 12.1 Å². The lowest BCUT2D eigenvalue weighted by atomic mass is 9.95. The number of aryl methyl sites for hydroxylation is 1. The number of nitrogens with one attached hydrogen (secondary N) is 1. The molecule has 0 saturated heterocycles. The molecule has 0 fully saturated rings. The molecule has 28 heavy (non-hydrogen) atoms. The molecule has 1 aliphatic rings. The summed E-state index contributed by atoms with van der Waals surface area (Å²) >= 11 is 0. The third kappa shape index (κ3) is 3.35. The first kappa shape index (κ1) is 19.5. The highest BCUT2D eigenvalue weighted by atomic mass is 16.5. The largest absolute Gasteiger partial charge is 0.504 e. The lowest BCUT2D eigenvalue weighted by Crippen LogP contribution is -2.26. The number of phenolic OH excluding ortho intramolecular Hbond substituents is 1. The number of aromatic hydroxyl groups is 1. The van der Waals surface area contributed by atoms with Crippen molar-refractivity contribution in [1.29, 1.82) is 0 Å². The second-order valence-corrected chi connectivity index (χ2v) is 6.57. The van der Waals surface area contributed by atoms with E-state index in [0.717, 1.165) is 5.56 Å². The molecule has 0 heterocycles. The molecule has 0 aliphatic heterocycles. The average molecular weight is 385 g/mol. The second kappa shape index (κ2) is 7.80. The molecule has 2 N–H and O–H groups in total. The van der Waals surface area contributed by atoms with Crippen LogP contribution in [0.4, 0.5) is 0 Å². The van der Waals surface area contributed by atoms with Gasteiger partial charge in [0.05, 0.1) is 27.4 Å². The molecule has 0 aromatic heterocycles. The van der Waals surface area contributed by atoms with Gasteiger partial charge in [0.2, 0.25) is 17.1 Å². The van der Waals surface area contributed by atoms with Crippen molar-refractivity contribution in [3.63, 3.8) is 0 Å². The topological polar surface area (TPSA) is 94.1 Å². The van der Waals surface area contributed by atoms with Crippen molar-refractivity contribution >= 4 is 5.91 Å². The number of amides is 1. The Bertz CT molecular complexity index is 985. The van der Waals surface area contributed by atoms with Crippen molar-refractivity contribution in [3.05, 3.63) is 45.6 Å². The quantitative estimate of drug-likeness (QED) is 0.840. The van der Waals surface area contributed by atoms with Crippen LogP contribution in [0.15, 0.2) is 29.1 Å². The zero-order chi connectivity index (χ0) is 20.4. The zero-order valence-electron chi connectivity index (χ0n) is 16.3. The van der Waals surface area contributed by atoms with Crippen LogP contribution in [0.5, 0.6) is 23.0 Å². The third-order valence-electron chi connectivity index (χ3n) is 4.91. The van der Waals surface area contributed by atoms with Crippen LogP contribution in [0.1, 0.15) is 30.5 Å². The van der Waals surface area contributed by atoms with Gasteiger partial charge in [-0.15, -0.1) is 0 Å². The molecular weight excluding hydrogens is 362 g/mol. The first-order valence-electron chi connectivity index (χ1n) is 8.87. The van der Waals surface area contributed by atoms with Crippen molar-refractivity contribution in [1.82, 2.24) is 5.32 Å². The van der Waals surface area contributed by atoms with Crippen molar-refractivity contribution in [3.8, 4) is 34.1 Å². The van der Waals surface area contributed by atoms with Crippen LogP contribution in [0, 0.1) is 0 Å². The number of methoxy groups -OCH3 is 3. The van der Waals surface area contributed by atoms with Gasteiger partial charge < -0.3 is 24.6 Å². The highest BCUT2D eigenvalue weighted by Gasteiger charge is 2.28. The SMILES string of the molecule is COc1cc2c(c(O)c1OC)-c1ccc(OC)c(=O)cc1[C@@H](NC(C)=O)CC2. The summed E-state index contributed by atoms with van der Waals surface area (Å²) in [5, 5.41) is 13.9. The van der Waals surface area contributed by atoms with Crippen LogP contribution in [0.3, 0.4) is 0 Å². The molecule has 0 bridgehead atoms. The van der Waals surface area contributed by atoms with Crippen molar-refractivity contribution in [2.75, 3.05) is 21.3 Å². The standard InChI is InChI=1S/C21H23NO6/c1-11(23)22-15-7-5-12-9-18(27-3)21(28-4)20(25)19(12)13-6-8-17(26-2)16(24)10-14(13)15/h6,8-10,15,25H,5,7H2,1-4H3,(H,22,23)/t15-/m0/s1. The number of phenols is 1. The summed E-state index contributed by atoms with van der Waals surface area (Å²) in [7, 11) is 4.38. The van der Waals surface area contributed by atoms with Gasteiger partial charge in [0.15, 0.2) is 17.2 Å².